The molecule has 26 heavy (non-hydrogen) atoms. The highest BCUT2D eigenvalue weighted by molar-refractivity contribution is 7.92. The molecule has 2 aromatic carbocycles. The van der Waals surface area contributed by atoms with Crippen molar-refractivity contribution in [3.63, 3.8) is 0 Å². The maximum Gasteiger partial charge on any atom is 0.253 e. The zero-order valence-electron chi connectivity index (χ0n) is 13.9. The SMILES string of the molecule is CS(=O)(=O)Nc1ccc(Cl)c(C(=O)NCC2COc3ccccc3O2)c1. The number of benzene rings is 2. The molecule has 3 rings (SSSR count). The number of nitrogens with one attached hydrogen (secondary N) is 2. The lowest BCUT2D eigenvalue weighted by molar-refractivity contribution is 0.0789. The molecule has 0 fully saturated rings. The molecule has 0 radical (unpaired) electrons. The molecule has 1 aliphatic rings. The highest BCUT2D eigenvalue weighted by Gasteiger charge is 2.22. The van der Waals surface area contributed by atoms with E-state index in [0.717, 1.165) is 6.26 Å². The van der Waals surface area contributed by atoms with Crippen LogP contribution in [0.4, 0.5) is 5.69 Å². The fourth-order valence-electron chi connectivity index (χ4n) is 2.44. The molecule has 2 aromatic rings. The molecule has 1 unspecified atom stereocenters. The predicted molar refractivity (Wildman–Crippen MR) is 98.6 cm³/mol. The average Bonchev–Trinajstić information content (AvgIpc) is 2.60. The van der Waals surface area contributed by atoms with Gasteiger partial charge in [0.25, 0.3) is 5.91 Å². The second-order valence-electron chi connectivity index (χ2n) is 5.78. The number of rotatable bonds is 5. The van der Waals surface area contributed by atoms with Gasteiger partial charge in [0.1, 0.15) is 12.7 Å². The third-order valence-electron chi connectivity index (χ3n) is 3.57. The highest BCUT2D eigenvalue weighted by atomic mass is 35.5. The van der Waals surface area contributed by atoms with Crippen LogP contribution in [-0.2, 0) is 10.0 Å². The Balaban J connectivity index is 1.64. The lowest BCUT2D eigenvalue weighted by Gasteiger charge is -2.26. The number of amides is 1. The highest BCUT2D eigenvalue weighted by Crippen LogP contribution is 2.30. The van der Waals surface area contributed by atoms with E-state index < -0.39 is 15.9 Å². The van der Waals surface area contributed by atoms with Crippen molar-refractivity contribution in [3.05, 3.63) is 53.1 Å². The Morgan fingerprint density at radius 3 is 2.69 bits per heavy atom. The average molecular weight is 397 g/mol. The summed E-state index contributed by atoms with van der Waals surface area (Å²) in [4.78, 5) is 12.4. The van der Waals surface area contributed by atoms with Gasteiger partial charge in [-0.1, -0.05) is 23.7 Å². The summed E-state index contributed by atoms with van der Waals surface area (Å²) in [6.07, 6.45) is 0.685. The van der Waals surface area contributed by atoms with Crippen molar-refractivity contribution in [2.45, 2.75) is 6.10 Å². The van der Waals surface area contributed by atoms with Crippen molar-refractivity contribution >= 4 is 33.2 Å². The van der Waals surface area contributed by atoms with E-state index >= 15 is 0 Å². The monoisotopic (exact) mass is 396 g/mol. The number of sulfonamides is 1. The Hall–Kier alpha value is -2.45. The molecular weight excluding hydrogens is 380 g/mol. The molecule has 1 heterocycles. The van der Waals surface area contributed by atoms with Gasteiger partial charge in [0.2, 0.25) is 10.0 Å². The molecule has 0 aromatic heterocycles. The second kappa shape index (κ2) is 7.43. The number of halogens is 1. The maximum absolute atomic E-state index is 12.4. The van der Waals surface area contributed by atoms with Crippen LogP contribution in [0.3, 0.4) is 0 Å². The van der Waals surface area contributed by atoms with Crippen LogP contribution in [0.2, 0.25) is 5.02 Å². The molecule has 1 aliphatic heterocycles. The van der Waals surface area contributed by atoms with E-state index in [1.165, 1.54) is 18.2 Å². The van der Waals surface area contributed by atoms with E-state index in [1.807, 2.05) is 18.2 Å². The third kappa shape index (κ3) is 4.59. The second-order valence-corrected chi connectivity index (χ2v) is 7.93. The van der Waals surface area contributed by atoms with E-state index in [9.17, 15) is 13.2 Å². The van der Waals surface area contributed by atoms with Crippen molar-refractivity contribution in [2.24, 2.45) is 0 Å². The van der Waals surface area contributed by atoms with Crippen LogP contribution in [0.1, 0.15) is 10.4 Å². The van der Waals surface area contributed by atoms with Crippen LogP contribution in [0.5, 0.6) is 11.5 Å². The van der Waals surface area contributed by atoms with E-state index in [1.54, 1.807) is 6.07 Å². The molecule has 0 bridgehead atoms. The van der Waals surface area contributed by atoms with Crippen LogP contribution >= 0.6 is 11.6 Å². The third-order valence-corrected chi connectivity index (χ3v) is 4.51. The van der Waals surface area contributed by atoms with Crippen LogP contribution in [0.25, 0.3) is 0 Å². The number of hydrogen-bond acceptors (Lipinski definition) is 5. The molecule has 0 aliphatic carbocycles. The van der Waals surface area contributed by atoms with Gasteiger partial charge in [-0.05, 0) is 30.3 Å². The molecule has 7 nitrogen and oxygen atoms in total. The fraction of sp³-hybridized carbons (Fsp3) is 0.235. The number of carbonyl (C=O) groups excluding carboxylic acids is 1. The summed E-state index contributed by atoms with van der Waals surface area (Å²) in [5, 5.41) is 2.94. The molecule has 9 heteroatoms. The molecule has 1 amide bonds. The van der Waals surface area contributed by atoms with Gasteiger partial charge in [-0.15, -0.1) is 0 Å². The molecule has 2 N–H and O–H groups in total. The summed E-state index contributed by atoms with van der Waals surface area (Å²) in [6, 6.07) is 11.6. The first kappa shape index (κ1) is 18.3. The van der Waals surface area contributed by atoms with Gasteiger partial charge in [-0.25, -0.2) is 8.42 Å². The smallest absolute Gasteiger partial charge is 0.253 e. The number of carbonyl (C=O) groups is 1. The normalized spacial score (nSPS) is 16.0. The number of para-hydroxylation sites is 2. The molecule has 138 valence electrons. The predicted octanol–water partition coefficient (Wildman–Crippen LogP) is 2.28. The minimum atomic E-state index is -3.45. The number of hydrogen-bond donors (Lipinski definition) is 2. The molecular formula is C17H17ClN2O5S. The van der Waals surface area contributed by atoms with Gasteiger partial charge >= 0.3 is 0 Å². The van der Waals surface area contributed by atoms with Gasteiger partial charge in [-0.3, -0.25) is 9.52 Å². The zero-order valence-corrected chi connectivity index (χ0v) is 15.4. The number of anilines is 1. The summed E-state index contributed by atoms with van der Waals surface area (Å²) < 4.78 is 36.3. The van der Waals surface area contributed by atoms with E-state index in [0.29, 0.717) is 18.1 Å². The fourth-order valence-corrected chi connectivity index (χ4v) is 3.20. The number of fused-ring (bicyclic) bond motifs is 1. The van der Waals surface area contributed by atoms with Crippen LogP contribution in [0.15, 0.2) is 42.5 Å². The Kier molecular flexibility index (Phi) is 5.24. The lowest BCUT2D eigenvalue weighted by atomic mass is 10.2. The molecule has 1 atom stereocenters. The topological polar surface area (TPSA) is 93.7 Å². The van der Waals surface area contributed by atoms with Crippen molar-refractivity contribution in [1.82, 2.24) is 5.32 Å². The summed E-state index contributed by atoms with van der Waals surface area (Å²) in [6.45, 7) is 0.522. The van der Waals surface area contributed by atoms with Crippen LogP contribution in [-0.4, -0.2) is 39.8 Å². The first-order chi connectivity index (χ1) is 12.3. The largest absolute Gasteiger partial charge is 0.486 e. The van der Waals surface area contributed by atoms with Crippen molar-refractivity contribution in [3.8, 4) is 11.5 Å². The van der Waals surface area contributed by atoms with Crippen molar-refractivity contribution < 1.29 is 22.7 Å². The van der Waals surface area contributed by atoms with Gasteiger partial charge in [0, 0.05) is 5.69 Å². The molecule has 0 saturated carbocycles. The minimum Gasteiger partial charge on any atom is -0.486 e. The van der Waals surface area contributed by atoms with Gasteiger partial charge in [-0.2, -0.15) is 0 Å². The summed E-state index contributed by atoms with van der Waals surface area (Å²) in [5.74, 6) is 0.850. The van der Waals surface area contributed by atoms with Crippen molar-refractivity contribution in [1.29, 1.82) is 0 Å². The first-order valence-electron chi connectivity index (χ1n) is 7.76. The Morgan fingerprint density at radius 2 is 1.96 bits per heavy atom. The van der Waals surface area contributed by atoms with E-state index in [2.05, 4.69) is 10.0 Å². The zero-order chi connectivity index (χ0) is 18.7. The van der Waals surface area contributed by atoms with Gasteiger partial charge in [0.15, 0.2) is 11.5 Å². The van der Waals surface area contributed by atoms with Crippen molar-refractivity contribution in [2.75, 3.05) is 24.1 Å². The standard InChI is InChI=1S/C17H17ClN2O5S/c1-26(22,23)20-11-6-7-14(18)13(8-11)17(21)19-9-12-10-24-15-4-2-3-5-16(15)25-12/h2-8,12,20H,9-10H2,1H3,(H,19,21). The quantitative estimate of drug-likeness (QED) is 0.808. The molecule has 0 saturated heterocycles. The van der Waals surface area contributed by atoms with Gasteiger partial charge < -0.3 is 14.8 Å². The van der Waals surface area contributed by atoms with Gasteiger partial charge in [0.05, 0.1) is 23.4 Å². The lowest BCUT2D eigenvalue weighted by Crippen LogP contribution is -2.40. The summed E-state index contributed by atoms with van der Waals surface area (Å²) in [5.41, 5.74) is 0.422. The Bertz CT molecular complexity index is 933. The molecule has 0 spiro atoms. The minimum absolute atomic E-state index is 0.164. The number of ether oxygens (including phenoxy) is 2. The summed E-state index contributed by atoms with van der Waals surface area (Å²) >= 11 is 6.06. The van der Waals surface area contributed by atoms with Crippen LogP contribution in [0, 0.1) is 0 Å². The van der Waals surface area contributed by atoms with E-state index in [-0.39, 0.29) is 28.9 Å². The Labute approximate surface area is 156 Å². The Morgan fingerprint density at radius 1 is 1.23 bits per heavy atom. The summed E-state index contributed by atoms with van der Waals surface area (Å²) in [7, 11) is -3.45. The van der Waals surface area contributed by atoms with E-state index in [4.69, 9.17) is 21.1 Å². The van der Waals surface area contributed by atoms with Crippen LogP contribution < -0.4 is 19.5 Å². The maximum atomic E-state index is 12.4. The first-order valence-corrected chi connectivity index (χ1v) is 10.0.